The molecule has 0 aliphatic carbocycles. The van der Waals surface area contributed by atoms with Crippen molar-refractivity contribution in [2.45, 2.75) is 65.0 Å². The van der Waals surface area contributed by atoms with Crippen LogP contribution in [0.4, 0.5) is 0 Å². The average Bonchev–Trinajstić information content (AvgIpc) is 2.69. The van der Waals surface area contributed by atoms with E-state index in [0.717, 1.165) is 10.4 Å². The molecule has 0 fully saturated rings. The second-order valence-corrected chi connectivity index (χ2v) is 14.4. The van der Waals surface area contributed by atoms with Gasteiger partial charge in [-0.05, 0) is 42.6 Å². The van der Waals surface area contributed by atoms with Gasteiger partial charge in [-0.15, -0.1) is 0 Å². The van der Waals surface area contributed by atoms with Gasteiger partial charge in [-0.2, -0.15) is 0 Å². The Morgan fingerprint density at radius 2 is 1.34 bits per heavy atom. The Kier molecular flexibility index (Phi) is 8.43. The maximum absolute atomic E-state index is 12.2. The topological polar surface area (TPSA) is 75.7 Å². The van der Waals surface area contributed by atoms with E-state index in [4.69, 9.17) is 9.16 Å². The van der Waals surface area contributed by atoms with E-state index >= 15 is 0 Å². The zero-order chi connectivity index (χ0) is 24.0. The average molecular weight is 456 g/mol. The van der Waals surface area contributed by atoms with E-state index in [9.17, 15) is 14.7 Å². The molecule has 0 saturated carbocycles. The highest BCUT2D eigenvalue weighted by molar-refractivity contribution is 6.99. The van der Waals surface area contributed by atoms with Gasteiger partial charge in [0.15, 0.2) is 0 Å². The van der Waals surface area contributed by atoms with Crippen molar-refractivity contribution in [3.05, 3.63) is 60.7 Å². The van der Waals surface area contributed by atoms with E-state index in [-0.39, 0.29) is 24.5 Å². The van der Waals surface area contributed by atoms with Crippen LogP contribution in [0.3, 0.4) is 0 Å². The summed E-state index contributed by atoms with van der Waals surface area (Å²) < 4.78 is 12.0. The van der Waals surface area contributed by atoms with E-state index in [1.165, 1.54) is 0 Å². The van der Waals surface area contributed by atoms with E-state index in [0.29, 0.717) is 0 Å². The van der Waals surface area contributed by atoms with Crippen molar-refractivity contribution in [2.75, 3.05) is 6.61 Å². The van der Waals surface area contributed by atoms with Crippen LogP contribution in [-0.4, -0.2) is 32.5 Å². The fourth-order valence-electron chi connectivity index (χ4n) is 4.00. The van der Waals surface area contributed by atoms with Crippen molar-refractivity contribution in [2.24, 2.45) is 5.92 Å². The largest absolute Gasteiger partial charge is 0.550 e. The standard InChI is InChI=1S/C26H36O5Si/c1-25(2,3)31-23(27)19-20(24(28)29)17-18-30-32(26(4,5)6,21-13-9-7-10-14-21)22-15-11-8-12-16-22/h7-16,20H,17-19H2,1-6H3,(H,28,29)/p-1. The summed E-state index contributed by atoms with van der Waals surface area (Å²) in [6.45, 7) is 12.0. The molecular weight excluding hydrogens is 420 g/mol. The van der Waals surface area contributed by atoms with Gasteiger partial charge in [0.1, 0.15) is 5.60 Å². The zero-order valence-corrected chi connectivity index (χ0v) is 21.0. The van der Waals surface area contributed by atoms with Crippen LogP contribution in [0.2, 0.25) is 5.04 Å². The summed E-state index contributed by atoms with van der Waals surface area (Å²) in [4.78, 5) is 23.9. The van der Waals surface area contributed by atoms with Crippen molar-refractivity contribution < 1.29 is 23.9 Å². The van der Waals surface area contributed by atoms with Crippen LogP contribution in [0.5, 0.6) is 0 Å². The summed E-state index contributed by atoms with van der Waals surface area (Å²) in [6, 6.07) is 20.3. The van der Waals surface area contributed by atoms with Gasteiger partial charge in [0.05, 0.1) is 6.42 Å². The molecule has 0 aromatic heterocycles. The number of hydrogen-bond donors (Lipinski definition) is 0. The SMILES string of the molecule is CC(C)(C)OC(=O)CC(CCO[Si](c1ccccc1)(c1ccccc1)C(C)(C)C)C(=O)[O-]. The molecule has 0 N–H and O–H groups in total. The number of hydrogen-bond acceptors (Lipinski definition) is 5. The first-order valence-corrected chi connectivity index (χ1v) is 13.0. The summed E-state index contributed by atoms with van der Waals surface area (Å²) in [5.74, 6) is -2.78. The molecule has 2 aromatic rings. The molecule has 2 aromatic carbocycles. The van der Waals surface area contributed by atoms with Gasteiger partial charge in [0, 0.05) is 18.5 Å². The maximum Gasteiger partial charge on any atom is 0.306 e. The number of ether oxygens (including phenoxy) is 1. The van der Waals surface area contributed by atoms with Crippen LogP contribution in [0.1, 0.15) is 54.4 Å². The van der Waals surface area contributed by atoms with Gasteiger partial charge in [0.25, 0.3) is 8.32 Å². The van der Waals surface area contributed by atoms with Gasteiger partial charge < -0.3 is 19.1 Å². The van der Waals surface area contributed by atoms with Crippen LogP contribution < -0.4 is 15.5 Å². The number of carbonyl (C=O) groups excluding carboxylic acids is 2. The highest BCUT2D eigenvalue weighted by atomic mass is 28.4. The summed E-state index contributed by atoms with van der Waals surface area (Å²) >= 11 is 0. The van der Waals surface area contributed by atoms with Crippen LogP contribution in [0, 0.1) is 5.92 Å². The summed E-state index contributed by atoms with van der Waals surface area (Å²) in [5.41, 5.74) is -0.668. The highest BCUT2D eigenvalue weighted by Crippen LogP contribution is 2.37. The van der Waals surface area contributed by atoms with Crippen LogP contribution in [-0.2, 0) is 18.8 Å². The Hall–Kier alpha value is -2.44. The molecule has 32 heavy (non-hydrogen) atoms. The zero-order valence-electron chi connectivity index (χ0n) is 20.0. The van der Waals surface area contributed by atoms with Gasteiger partial charge >= 0.3 is 5.97 Å². The number of carboxylic acid groups (broad SMARTS) is 1. The Morgan fingerprint density at radius 1 is 0.875 bits per heavy atom. The molecule has 0 saturated heterocycles. The van der Waals surface area contributed by atoms with Crippen LogP contribution >= 0.6 is 0 Å². The number of aliphatic carboxylic acids is 1. The normalized spacial score (nSPS) is 13.4. The first kappa shape index (κ1) is 25.8. The minimum absolute atomic E-state index is 0.173. The van der Waals surface area contributed by atoms with Gasteiger partial charge in [0.2, 0.25) is 0 Å². The molecule has 0 aliphatic rings. The minimum Gasteiger partial charge on any atom is -0.550 e. The van der Waals surface area contributed by atoms with Gasteiger partial charge in [-0.25, -0.2) is 0 Å². The second kappa shape index (κ2) is 10.4. The summed E-state index contributed by atoms with van der Waals surface area (Å²) in [5, 5.41) is 13.8. The van der Waals surface area contributed by atoms with E-state index in [1.807, 2.05) is 36.4 Å². The number of benzene rings is 2. The lowest BCUT2D eigenvalue weighted by Gasteiger charge is -2.43. The van der Waals surface area contributed by atoms with Crippen molar-refractivity contribution in [1.29, 1.82) is 0 Å². The fourth-order valence-corrected chi connectivity index (χ4v) is 8.58. The Balaban J connectivity index is 2.31. The first-order chi connectivity index (χ1) is 14.9. The number of carboxylic acids is 1. The van der Waals surface area contributed by atoms with Gasteiger partial charge in [-0.1, -0.05) is 81.4 Å². The molecule has 1 unspecified atom stereocenters. The van der Waals surface area contributed by atoms with E-state index in [1.54, 1.807) is 20.8 Å². The predicted octanol–water partition coefficient (Wildman–Crippen LogP) is 3.05. The molecule has 0 bridgehead atoms. The molecule has 6 heteroatoms. The summed E-state index contributed by atoms with van der Waals surface area (Å²) in [6.07, 6.45) is -0.0597. The van der Waals surface area contributed by atoms with Gasteiger partial charge in [-0.3, -0.25) is 4.79 Å². The van der Waals surface area contributed by atoms with Crippen molar-refractivity contribution in [3.8, 4) is 0 Å². The van der Waals surface area contributed by atoms with Crippen molar-refractivity contribution in [1.82, 2.24) is 0 Å². The van der Waals surface area contributed by atoms with E-state index in [2.05, 4.69) is 45.0 Å². The fraction of sp³-hybridized carbons (Fsp3) is 0.462. The number of rotatable bonds is 9. The van der Waals surface area contributed by atoms with Crippen LogP contribution in [0.15, 0.2) is 60.7 Å². The Labute approximate surface area is 192 Å². The lowest BCUT2D eigenvalue weighted by molar-refractivity contribution is -0.312. The Morgan fingerprint density at radius 3 is 1.72 bits per heavy atom. The lowest BCUT2D eigenvalue weighted by atomic mass is 10.0. The molecule has 0 heterocycles. The van der Waals surface area contributed by atoms with Crippen molar-refractivity contribution >= 4 is 30.6 Å². The highest BCUT2D eigenvalue weighted by Gasteiger charge is 2.50. The second-order valence-electron chi connectivity index (χ2n) is 10.1. The van der Waals surface area contributed by atoms with Crippen molar-refractivity contribution in [3.63, 3.8) is 0 Å². The minimum atomic E-state index is -2.76. The third kappa shape index (κ3) is 6.53. The maximum atomic E-state index is 12.2. The predicted molar refractivity (Wildman–Crippen MR) is 127 cm³/mol. The third-order valence-corrected chi connectivity index (χ3v) is 10.4. The molecule has 0 amide bonds. The quantitative estimate of drug-likeness (QED) is 0.429. The number of carbonyl (C=O) groups is 2. The summed E-state index contributed by atoms with van der Waals surface area (Å²) in [7, 11) is -2.76. The monoisotopic (exact) mass is 455 g/mol. The molecular formula is C26H35O5Si-. The molecule has 0 radical (unpaired) electrons. The smallest absolute Gasteiger partial charge is 0.306 e. The molecule has 0 aliphatic heterocycles. The first-order valence-electron chi connectivity index (χ1n) is 11.0. The number of esters is 1. The molecule has 0 spiro atoms. The third-order valence-electron chi connectivity index (χ3n) is 5.37. The van der Waals surface area contributed by atoms with Crippen LogP contribution in [0.25, 0.3) is 0 Å². The molecule has 174 valence electrons. The lowest BCUT2D eigenvalue weighted by Crippen LogP contribution is -2.66. The Bertz CT molecular complexity index is 842. The van der Waals surface area contributed by atoms with E-state index < -0.39 is 31.8 Å². The molecule has 2 rings (SSSR count). The molecule has 5 nitrogen and oxygen atoms in total. The molecule has 1 atom stereocenters.